The van der Waals surface area contributed by atoms with Crippen molar-refractivity contribution in [3.05, 3.63) is 0 Å². The van der Waals surface area contributed by atoms with E-state index in [0.29, 0.717) is 31.8 Å². The maximum absolute atomic E-state index is 12.0. The lowest BCUT2D eigenvalue weighted by Gasteiger charge is -2.24. The lowest BCUT2D eigenvalue weighted by atomic mass is 10.2. The summed E-state index contributed by atoms with van der Waals surface area (Å²) in [5, 5.41) is 14.3. The number of carboxylic acids is 1. The van der Waals surface area contributed by atoms with E-state index in [1.165, 1.54) is 4.90 Å². The van der Waals surface area contributed by atoms with E-state index in [1.807, 2.05) is 13.8 Å². The number of nitrogens with one attached hydrogen (secondary N) is 2. The molecule has 0 bridgehead atoms. The average molecular weight is 285 g/mol. The number of carbonyl (C=O) groups excluding carboxylic acids is 2. The van der Waals surface area contributed by atoms with Gasteiger partial charge >= 0.3 is 12.0 Å². The van der Waals surface area contributed by atoms with Gasteiger partial charge in [-0.25, -0.2) is 9.59 Å². The molecule has 1 unspecified atom stereocenters. The fourth-order valence-corrected chi connectivity index (χ4v) is 2.06. The average Bonchev–Trinajstić information content (AvgIpc) is 2.84. The van der Waals surface area contributed by atoms with E-state index in [4.69, 9.17) is 5.11 Å². The Hall–Kier alpha value is -1.79. The highest BCUT2D eigenvalue weighted by atomic mass is 16.4. The number of hydrogen-bond acceptors (Lipinski definition) is 3. The largest absolute Gasteiger partial charge is 0.480 e. The zero-order valence-electron chi connectivity index (χ0n) is 12.2. The molecule has 1 saturated heterocycles. The van der Waals surface area contributed by atoms with Crippen LogP contribution in [0.5, 0.6) is 0 Å². The topological polar surface area (TPSA) is 98.7 Å². The number of carboxylic acid groups (broad SMARTS) is 1. The van der Waals surface area contributed by atoms with Crippen molar-refractivity contribution < 1.29 is 19.5 Å². The van der Waals surface area contributed by atoms with Gasteiger partial charge in [0.2, 0.25) is 5.91 Å². The number of nitrogens with zero attached hydrogens (tertiary/aromatic N) is 1. The highest BCUT2D eigenvalue weighted by molar-refractivity contribution is 5.88. The zero-order valence-corrected chi connectivity index (χ0v) is 12.2. The van der Waals surface area contributed by atoms with Crippen LogP contribution in [-0.4, -0.2) is 53.1 Å². The van der Waals surface area contributed by atoms with Gasteiger partial charge in [-0.2, -0.15) is 0 Å². The van der Waals surface area contributed by atoms with Gasteiger partial charge in [-0.05, 0) is 25.7 Å². The highest BCUT2D eigenvalue weighted by Gasteiger charge is 2.34. The number of rotatable bonds is 5. The maximum atomic E-state index is 12.0. The summed E-state index contributed by atoms with van der Waals surface area (Å²) in [7, 11) is 0. The molecule has 7 heteroatoms. The SMILES string of the molecule is CC(C)CNC(=O)C(C)NC(=O)N1CCC[C@@H]1C(=O)O. The number of hydrogen-bond donors (Lipinski definition) is 3. The molecule has 0 aromatic rings. The summed E-state index contributed by atoms with van der Waals surface area (Å²) in [5.74, 6) is -0.940. The minimum atomic E-state index is -1.01. The smallest absolute Gasteiger partial charge is 0.326 e. The van der Waals surface area contributed by atoms with Crippen molar-refractivity contribution in [1.29, 1.82) is 0 Å². The fourth-order valence-electron chi connectivity index (χ4n) is 2.06. The van der Waals surface area contributed by atoms with Crippen molar-refractivity contribution in [1.82, 2.24) is 15.5 Å². The molecule has 7 nitrogen and oxygen atoms in total. The molecular weight excluding hydrogens is 262 g/mol. The summed E-state index contributed by atoms with van der Waals surface area (Å²) >= 11 is 0. The van der Waals surface area contributed by atoms with Crippen LogP contribution < -0.4 is 10.6 Å². The monoisotopic (exact) mass is 285 g/mol. The third kappa shape index (κ3) is 4.40. The minimum Gasteiger partial charge on any atom is -0.480 e. The highest BCUT2D eigenvalue weighted by Crippen LogP contribution is 2.17. The molecule has 0 aromatic carbocycles. The normalized spacial score (nSPS) is 19.8. The first-order valence-corrected chi connectivity index (χ1v) is 6.90. The Morgan fingerprint density at radius 3 is 2.50 bits per heavy atom. The van der Waals surface area contributed by atoms with Gasteiger partial charge in [0, 0.05) is 13.1 Å². The first kappa shape index (κ1) is 16.3. The van der Waals surface area contributed by atoms with Crippen LogP contribution in [0.25, 0.3) is 0 Å². The lowest BCUT2D eigenvalue weighted by Crippen LogP contribution is -2.52. The second-order valence-electron chi connectivity index (χ2n) is 5.50. The Morgan fingerprint density at radius 2 is 1.95 bits per heavy atom. The quantitative estimate of drug-likeness (QED) is 0.681. The van der Waals surface area contributed by atoms with E-state index in [-0.39, 0.29) is 5.91 Å². The summed E-state index contributed by atoms with van der Waals surface area (Å²) in [6.07, 6.45) is 1.12. The molecule has 0 radical (unpaired) electrons. The van der Waals surface area contributed by atoms with Crippen LogP contribution in [0.15, 0.2) is 0 Å². The van der Waals surface area contributed by atoms with Gasteiger partial charge in [0.25, 0.3) is 0 Å². The summed E-state index contributed by atoms with van der Waals surface area (Å²) in [6.45, 7) is 6.49. The van der Waals surface area contributed by atoms with E-state index in [0.717, 1.165) is 0 Å². The third-order valence-electron chi connectivity index (χ3n) is 3.22. The molecule has 1 rings (SSSR count). The molecule has 3 amide bonds. The van der Waals surface area contributed by atoms with Crippen LogP contribution in [0.1, 0.15) is 33.6 Å². The van der Waals surface area contributed by atoms with Gasteiger partial charge in [0.1, 0.15) is 12.1 Å². The van der Waals surface area contributed by atoms with Crippen LogP contribution in [0, 0.1) is 5.92 Å². The molecule has 0 saturated carbocycles. The van der Waals surface area contributed by atoms with E-state index >= 15 is 0 Å². The van der Waals surface area contributed by atoms with Gasteiger partial charge in [0.05, 0.1) is 0 Å². The summed E-state index contributed by atoms with van der Waals surface area (Å²) in [4.78, 5) is 36.0. The van der Waals surface area contributed by atoms with Crippen molar-refractivity contribution >= 4 is 17.9 Å². The lowest BCUT2D eigenvalue weighted by molar-refractivity contribution is -0.141. The standard InChI is InChI=1S/C13H23N3O4/c1-8(2)7-14-11(17)9(3)15-13(20)16-6-4-5-10(16)12(18)19/h8-10H,4-7H2,1-3H3,(H,14,17)(H,15,20)(H,18,19)/t9?,10-/m1/s1. The van der Waals surface area contributed by atoms with Crippen molar-refractivity contribution in [2.45, 2.75) is 45.7 Å². The molecule has 20 heavy (non-hydrogen) atoms. The van der Waals surface area contributed by atoms with Gasteiger partial charge in [-0.1, -0.05) is 13.8 Å². The van der Waals surface area contributed by atoms with Crippen molar-refractivity contribution in [2.75, 3.05) is 13.1 Å². The van der Waals surface area contributed by atoms with Crippen LogP contribution in [0.3, 0.4) is 0 Å². The molecule has 3 N–H and O–H groups in total. The van der Waals surface area contributed by atoms with Gasteiger partial charge in [-0.3, -0.25) is 4.79 Å². The number of carbonyl (C=O) groups is 3. The zero-order chi connectivity index (χ0) is 15.3. The predicted molar refractivity (Wildman–Crippen MR) is 73.2 cm³/mol. The van der Waals surface area contributed by atoms with Gasteiger partial charge in [0.15, 0.2) is 0 Å². The second kappa shape index (κ2) is 7.12. The third-order valence-corrected chi connectivity index (χ3v) is 3.22. The molecule has 114 valence electrons. The van der Waals surface area contributed by atoms with Gasteiger partial charge in [-0.15, -0.1) is 0 Å². The van der Waals surface area contributed by atoms with Crippen LogP contribution in [0.2, 0.25) is 0 Å². The fraction of sp³-hybridized carbons (Fsp3) is 0.769. The summed E-state index contributed by atoms with van der Waals surface area (Å²) < 4.78 is 0. The Labute approximate surface area is 118 Å². The van der Waals surface area contributed by atoms with Crippen molar-refractivity contribution in [3.8, 4) is 0 Å². The first-order valence-electron chi connectivity index (χ1n) is 6.90. The van der Waals surface area contributed by atoms with Crippen molar-refractivity contribution in [2.24, 2.45) is 5.92 Å². The number of urea groups is 1. The molecule has 1 heterocycles. The number of likely N-dealkylation sites (tertiary alicyclic amines) is 1. The Kier molecular flexibility index (Phi) is 5.79. The Bertz CT molecular complexity index is 384. The molecule has 1 aliphatic heterocycles. The minimum absolute atomic E-state index is 0.266. The maximum Gasteiger partial charge on any atom is 0.326 e. The molecule has 1 aliphatic rings. The van der Waals surface area contributed by atoms with E-state index in [2.05, 4.69) is 10.6 Å². The van der Waals surface area contributed by atoms with Gasteiger partial charge < -0.3 is 20.6 Å². The summed E-state index contributed by atoms with van der Waals surface area (Å²) in [6, 6.07) is -1.97. The molecule has 0 spiro atoms. The molecule has 0 aromatic heterocycles. The van der Waals surface area contributed by atoms with E-state index < -0.39 is 24.1 Å². The van der Waals surface area contributed by atoms with Crippen LogP contribution in [0.4, 0.5) is 4.79 Å². The number of amides is 3. The molecule has 2 atom stereocenters. The summed E-state index contributed by atoms with van der Waals surface area (Å²) in [5.41, 5.74) is 0. The van der Waals surface area contributed by atoms with Crippen molar-refractivity contribution in [3.63, 3.8) is 0 Å². The van der Waals surface area contributed by atoms with Crippen LogP contribution >= 0.6 is 0 Å². The Morgan fingerprint density at radius 1 is 1.30 bits per heavy atom. The molecular formula is C13H23N3O4. The molecule has 0 aliphatic carbocycles. The second-order valence-corrected chi connectivity index (χ2v) is 5.50. The number of aliphatic carboxylic acids is 1. The predicted octanol–water partition coefficient (Wildman–Crippen LogP) is 0.406. The van der Waals surface area contributed by atoms with E-state index in [1.54, 1.807) is 6.92 Å². The van der Waals surface area contributed by atoms with E-state index in [9.17, 15) is 14.4 Å². The first-order chi connectivity index (χ1) is 9.32. The van der Waals surface area contributed by atoms with Crippen LogP contribution in [-0.2, 0) is 9.59 Å². The molecule has 1 fully saturated rings. The Balaban J connectivity index is 2.48.